The summed E-state index contributed by atoms with van der Waals surface area (Å²) in [5.41, 5.74) is 0.264. The molecular formula is C10H13ClO4. The van der Waals surface area contributed by atoms with Gasteiger partial charge in [0.05, 0.1) is 5.88 Å². The Bertz CT molecular complexity index is 273. The fourth-order valence-corrected chi connectivity index (χ4v) is 0.748. The molecule has 1 atom stereocenters. The number of rotatable bonds is 6. The molecule has 0 heterocycles. The molecule has 0 amide bonds. The van der Waals surface area contributed by atoms with E-state index in [2.05, 4.69) is 17.9 Å². The standard InChI is InChI=1S/C10H13ClO4/c1-4-9(12)14-6-8(5-11)15-10(13)7(2)3/h4,8H,1-2,5-6H2,3H3. The Labute approximate surface area is 93.5 Å². The highest BCUT2D eigenvalue weighted by Gasteiger charge is 2.15. The van der Waals surface area contributed by atoms with Crippen LogP contribution in [0.25, 0.3) is 0 Å². The lowest BCUT2D eigenvalue weighted by molar-refractivity contribution is -0.152. The zero-order valence-corrected chi connectivity index (χ0v) is 9.25. The van der Waals surface area contributed by atoms with Gasteiger partial charge in [-0.25, -0.2) is 9.59 Å². The first-order valence-electron chi connectivity index (χ1n) is 4.23. The first kappa shape index (κ1) is 13.7. The van der Waals surface area contributed by atoms with Gasteiger partial charge < -0.3 is 9.47 Å². The second kappa shape index (κ2) is 7.06. The first-order valence-corrected chi connectivity index (χ1v) is 4.76. The van der Waals surface area contributed by atoms with Crippen LogP contribution in [-0.2, 0) is 19.1 Å². The molecule has 0 radical (unpaired) electrons. The summed E-state index contributed by atoms with van der Waals surface area (Å²) in [7, 11) is 0. The van der Waals surface area contributed by atoms with E-state index in [1.807, 2.05) is 0 Å². The van der Waals surface area contributed by atoms with E-state index in [0.717, 1.165) is 6.08 Å². The molecule has 0 N–H and O–H groups in total. The summed E-state index contributed by atoms with van der Waals surface area (Å²) in [4.78, 5) is 21.8. The SMILES string of the molecule is C=CC(=O)OCC(CCl)OC(=O)C(=C)C. The molecule has 0 fully saturated rings. The van der Waals surface area contributed by atoms with E-state index in [9.17, 15) is 9.59 Å². The molecule has 4 nitrogen and oxygen atoms in total. The number of ether oxygens (including phenoxy) is 2. The third-order valence-electron chi connectivity index (χ3n) is 1.37. The third kappa shape index (κ3) is 5.91. The summed E-state index contributed by atoms with van der Waals surface area (Å²) in [5, 5.41) is 0. The highest BCUT2D eigenvalue weighted by Crippen LogP contribution is 2.02. The van der Waals surface area contributed by atoms with E-state index in [-0.39, 0.29) is 18.1 Å². The van der Waals surface area contributed by atoms with Gasteiger partial charge in [0, 0.05) is 11.6 Å². The molecule has 0 aromatic rings. The van der Waals surface area contributed by atoms with E-state index in [4.69, 9.17) is 16.3 Å². The van der Waals surface area contributed by atoms with E-state index in [0.29, 0.717) is 0 Å². The van der Waals surface area contributed by atoms with Crippen LogP contribution < -0.4 is 0 Å². The minimum atomic E-state index is -0.667. The Morgan fingerprint density at radius 1 is 1.53 bits per heavy atom. The monoisotopic (exact) mass is 232 g/mol. The molecule has 0 aromatic carbocycles. The van der Waals surface area contributed by atoms with Crippen molar-refractivity contribution in [3.63, 3.8) is 0 Å². The van der Waals surface area contributed by atoms with Crippen molar-refractivity contribution < 1.29 is 19.1 Å². The Hall–Kier alpha value is -1.29. The predicted octanol–water partition coefficient (Wildman–Crippen LogP) is 1.44. The molecule has 15 heavy (non-hydrogen) atoms. The summed E-state index contributed by atoms with van der Waals surface area (Å²) < 4.78 is 9.55. The van der Waals surface area contributed by atoms with Crippen LogP contribution in [0.15, 0.2) is 24.8 Å². The molecule has 0 saturated carbocycles. The molecule has 5 heteroatoms. The van der Waals surface area contributed by atoms with Gasteiger partial charge in [-0.1, -0.05) is 13.2 Å². The number of halogens is 1. The number of alkyl halides is 1. The zero-order valence-electron chi connectivity index (χ0n) is 8.49. The molecule has 0 rings (SSSR count). The van der Waals surface area contributed by atoms with E-state index >= 15 is 0 Å². The molecule has 0 aliphatic carbocycles. The molecule has 0 aliphatic rings. The van der Waals surface area contributed by atoms with Crippen LogP contribution in [0.2, 0.25) is 0 Å². The second-order valence-corrected chi connectivity index (χ2v) is 3.10. The Kier molecular flexibility index (Phi) is 6.45. The Morgan fingerprint density at radius 2 is 2.13 bits per heavy atom. The topological polar surface area (TPSA) is 52.6 Å². The maximum atomic E-state index is 11.1. The number of hydrogen-bond donors (Lipinski definition) is 0. The molecule has 0 spiro atoms. The quantitative estimate of drug-likeness (QED) is 0.395. The third-order valence-corrected chi connectivity index (χ3v) is 1.72. The van der Waals surface area contributed by atoms with Crippen molar-refractivity contribution in [3.05, 3.63) is 24.8 Å². The van der Waals surface area contributed by atoms with Gasteiger partial charge in [0.25, 0.3) is 0 Å². The zero-order chi connectivity index (χ0) is 11.8. The van der Waals surface area contributed by atoms with E-state index in [1.54, 1.807) is 0 Å². The lowest BCUT2D eigenvalue weighted by Gasteiger charge is -2.14. The van der Waals surface area contributed by atoms with Crippen LogP contribution >= 0.6 is 11.6 Å². The number of esters is 2. The number of carbonyl (C=O) groups excluding carboxylic acids is 2. The summed E-state index contributed by atoms with van der Waals surface area (Å²) in [6.07, 6.45) is 0.353. The average molecular weight is 233 g/mol. The minimum absolute atomic E-state index is 0.0451. The number of hydrogen-bond acceptors (Lipinski definition) is 4. The molecule has 0 aliphatic heterocycles. The van der Waals surface area contributed by atoms with Crippen LogP contribution in [0.4, 0.5) is 0 Å². The van der Waals surface area contributed by atoms with Crippen molar-refractivity contribution in [2.75, 3.05) is 12.5 Å². The smallest absolute Gasteiger partial charge is 0.333 e. The van der Waals surface area contributed by atoms with Crippen LogP contribution in [0.5, 0.6) is 0 Å². The van der Waals surface area contributed by atoms with E-state index in [1.165, 1.54) is 6.92 Å². The first-order chi connectivity index (χ1) is 7.01. The maximum Gasteiger partial charge on any atom is 0.333 e. The Morgan fingerprint density at radius 3 is 2.53 bits per heavy atom. The maximum absolute atomic E-state index is 11.1. The summed E-state index contributed by atoms with van der Waals surface area (Å²) in [6, 6.07) is 0. The largest absolute Gasteiger partial charge is 0.459 e. The van der Waals surface area contributed by atoms with Crippen LogP contribution in [0, 0.1) is 0 Å². The van der Waals surface area contributed by atoms with Crippen LogP contribution in [-0.4, -0.2) is 30.5 Å². The fourth-order valence-electron chi connectivity index (χ4n) is 0.596. The van der Waals surface area contributed by atoms with Crippen molar-refractivity contribution in [1.82, 2.24) is 0 Å². The van der Waals surface area contributed by atoms with Gasteiger partial charge in [0.2, 0.25) is 0 Å². The van der Waals surface area contributed by atoms with Gasteiger partial charge in [0.15, 0.2) is 0 Å². The van der Waals surface area contributed by atoms with Gasteiger partial charge in [-0.2, -0.15) is 0 Å². The average Bonchev–Trinajstić information content (AvgIpc) is 2.22. The summed E-state index contributed by atoms with van der Waals surface area (Å²) in [5.74, 6) is -1.10. The van der Waals surface area contributed by atoms with Gasteiger partial charge in [-0.05, 0) is 6.92 Å². The van der Waals surface area contributed by atoms with Gasteiger partial charge in [-0.3, -0.25) is 0 Å². The summed E-state index contributed by atoms with van der Waals surface area (Å²) >= 11 is 5.52. The van der Waals surface area contributed by atoms with Gasteiger partial charge in [-0.15, -0.1) is 11.6 Å². The van der Waals surface area contributed by atoms with Crippen molar-refractivity contribution in [3.8, 4) is 0 Å². The van der Waals surface area contributed by atoms with Crippen molar-refractivity contribution in [2.24, 2.45) is 0 Å². The fraction of sp³-hybridized carbons (Fsp3) is 0.400. The molecular weight excluding hydrogens is 220 g/mol. The van der Waals surface area contributed by atoms with Crippen LogP contribution in [0.1, 0.15) is 6.92 Å². The molecule has 84 valence electrons. The van der Waals surface area contributed by atoms with Crippen LogP contribution in [0.3, 0.4) is 0 Å². The lowest BCUT2D eigenvalue weighted by Crippen LogP contribution is -2.26. The molecule has 1 unspecified atom stereocenters. The molecule has 0 aromatic heterocycles. The van der Waals surface area contributed by atoms with E-state index < -0.39 is 18.0 Å². The summed E-state index contributed by atoms with van der Waals surface area (Å²) in [6.45, 7) is 8.06. The lowest BCUT2D eigenvalue weighted by atomic mass is 10.3. The highest BCUT2D eigenvalue weighted by molar-refractivity contribution is 6.18. The predicted molar refractivity (Wildman–Crippen MR) is 56.6 cm³/mol. The van der Waals surface area contributed by atoms with Gasteiger partial charge in [0.1, 0.15) is 12.7 Å². The Balaban J connectivity index is 4.03. The molecule has 0 bridgehead atoms. The molecule has 0 saturated heterocycles. The minimum Gasteiger partial charge on any atom is -0.459 e. The highest BCUT2D eigenvalue weighted by atomic mass is 35.5. The van der Waals surface area contributed by atoms with Gasteiger partial charge >= 0.3 is 11.9 Å². The van der Waals surface area contributed by atoms with Crippen molar-refractivity contribution >= 4 is 23.5 Å². The normalized spacial score (nSPS) is 11.3. The van der Waals surface area contributed by atoms with Crippen molar-refractivity contribution in [1.29, 1.82) is 0 Å². The number of carbonyl (C=O) groups is 2. The second-order valence-electron chi connectivity index (χ2n) is 2.80. The van der Waals surface area contributed by atoms with Crippen molar-refractivity contribution in [2.45, 2.75) is 13.0 Å².